The molecule has 0 N–H and O–H groups in total. The third-order valence-electron chi connectivity index (χ3n) is 2.11. The van der Waals surface area contributed by atoms with E-state index < -0.39 is 0 Å². The second kappa shape index (κ2) is 6.07. The highest BCUT2D eigenvalue weighted by Gasteiger charge is 2.00. The molecule has 1 aromatic heterocycles. The van der Waals surface area contributed by atoms with Crippen LogP contribution in [0.5, 0.6) is 0 Å². The average Bonchev–Trinajstić information content (AvgIpc) is 2.81. The molecule has 1 heteroatoms. The lowest BCUT2D eigenvalue weighted by Crippen LogP contribution is -1.72. The lowest BCUT2D eigenvalue weighted by atomic mass is 10.1. The van der Waals surface area contributed by atoms with Gasteiger partial charge in [0.25, 0.3) is 0 Å². The fourth-order valence-corrected chi connectivity index (χ4v) is 1.35. The predicted molar refractivity (Wildman–Crippen MR) is 64.9 cm³/mol. The van der Waals surface area contributed by atoms with Crippen LogP contribution in [0.15, 0.2) is 47.1 Å². The second-order valence-corrected chi connectivity index (χ2v) is 3.02. The van der Waals surface area contributed by atoms with Gasteiger partial charge in [0.1, 0.15) is 5.76 Å². The molecule has 2 aromatic rings. The van der Waals surface area contributed by atoms with Crippen LogP contribution in [-0.4, -0.2) is 0 Å². The summed E-state index contributed by atoms with van der Waals surface area (Å²) in [7, 11) is 0. The Morgan fingerprint density at radius 2 is 1.67 bits per heavy atom. The molecule has 0 atom stereocenters. The summed E-state index contributed by atoms with van der Waals surface area (Å²) in [5.41, 5.74) is 2.38. The van der Waals surface area contributed by atoms with Crippen molar-refractivity contribution < 1.29 is 4.42 Å². The molecule has 0 bridgehead atoms. The highest BCUT2D eigenvalue weighted by Crippen LogP contribution is 2.21. The summed E-state index contributed by atoms with van der Waals surface area (Å²) in [6.45, 7) is 6.09. The molecule has 15 heavy (non-hydrogen) atoms. The highest BCUT2D eigenvalue weighted by atomic mass is 16.3. The molecule has 1 heterocycles. The maximum atomic E-state index is 5.37. The van der Waals surface area contributed by atoms with Crippen molar-refractivity contribution in [3.05, 3.63) is 48.4 Å². The first kappa shape index (κ1) is 11.6. The number of hydrogen-bond acceptors (Lipinski definition) is 1. The van der Waals surface area contributed by atoms with E-state index >= 15 is 0 Å². The van der Waals surface area contributed by atoms with Crippen molar-refractivity contribution in [3.8, 4) is 11.1 Å². The smallest absolute Gasteiger partial charge is 0.104 e. The molecule has 1 nitrogen and oxygen atoms in total. The topological polar surface area (TPSA) is 13.1 Å². The molecule has 0 aliphatic carbocycles. The van der Waals surface area contributed by atoms with Gasteiger partial charge in [-0.3, -0.25) is 0 Å². The first-order valence-electron chi connectivity index (χ1n) is 5.53. The van der Waals surface area contributed by atoms with E-state index in [1.807, 2.05) is 38.3 Å². The van der Waals surface area contributed by atoms with E-state index in [2.05, 4.69) is 25.1 Å². The van der Waals surface area contributed by atoms with Gasteiger partial charge in [-0.1, -0.05) is 51.1 Å². The molecule has 80 valence electrons. The van der Waals surface area contributed by atoms with Crippen molar-refractivity contribution in [1.82, 2.24) is 0 Å². The number of hydrogen-bond donors (Lipinski definition) is 0. The van der Waals surface area contributed by atoms with Crippen molar-refractivity contribution in [1.29, 1.82) is 0 Å². The van der Waals surface area contributed by atoms with Crippen LogP contribution in [0.3, 0.4) is 0 Å². The molecular weight excluding hydrogens is 184 g/mol. The van der Waals surface area contributed by atoms with Crippen LogP contribution in [0.25, 0.3) is 11.1 Å². The molecule has 0 saturated carbocycles. The molecule has 0 aliphatic heterocycles. The zero-order chi connectivity index (χ0) is 11.1. The first-order valence-corrected chi connectivity index (χ1v) is 5.53. The van der Waals surface area contributed by atoms with Crippen molar-refractivity contribution in [3.63, 3.8) is 0 Å². The van der Waals surface area contributed by atoms with Crippen molar-refractivity contribution in [2.24, 2.45) is 0 Å². The predicted octanol–water partition coefficient (Wildman–Crippen LogP) is 4.54. The van der Waals surface area contributed by atoms with Gasteiger partial charge in [-0.05, 0) is 11.6 Å². The monoisotopic (exact) mass is 202 g/mol. The number of rotatable bonds is 2. The minimum absolute atomic E-state index is 0.951. The lowest BCUT2D eigenvalue weighted by molar-refractivity contribution is 0.516. The highest BCUT2D eigenvalue weighted by molar-refractivity contribution is 5.62. The number of benzene rings is 1. The van der Waals surface area contributed by atoms with Gasteiger partial charge in [-0.25, -0.2) is 0 Å². The summed E-state index contributed by atoms with van der Waals surface area (Å²) in [6.07, 6.45) is 2.76. The van der Waals surface area contributed by atoms with Crippen LogP contribution in [0.4, 0.5) is 0 Å². The zero-order valence-electron chi connectivity index (χ0n) is 9.66. The molecule has 0 unspecified atom stereocenters. The summed E-state index contributed by atoms with van der Waals surface area (Å²) in [4.78, 5) is 0. The van der Waals surface area contributed by atoms with Crippen molar-refractivity contribution >= 4 is 0 Å². The average molecular weight is 202 g/mol. The second-order valence-electron chi connectivity index (χ2n) is 3.02. The summed E-state index contributed by atoms with van der Waals surface area (Å²) >= 11 is 0. The van der Waals surface area contributed by atoms with Crippen molar-refractivity contribution in [2.75, 3.05) is 0 Å². The zero-order valence-corrected chi connectivity index (χ0v) is 9.66. The standard InChI is InChI=1S/C12H12O.C2H6/c1-2-12-8-11(9-13-12)10-6-4-3-5-7-10;1-2/h3-9H,2H2,1H3;1-2H3. The van der Waals surface area contributed by atoms with Gasteiger partial charge in [0.05, 0.1) is 6.26 Å². The Labute approximate surface area is 91.7 Å². The molecule has 0 amide bonds. The van der Waals surface area contributed by atoms with Crippen LogP contribution in [0.1, 0.15) is 26.5 Å². The molecule has 0 radical (unpaired) electrons. The van der Waals surface area contributed by atoms with E-state index in [0.29, 0.717) is 0 Å². The fraction of sp³-hybridized carbons (Fsp3) is 0.286. The number of aryl methyl sites for hydroxylation is 1. The Hall–Kier alpha value is -1.50. The van der Waals surface area contributed by atoms with Gasteiger partial charge < -0.3 is 4.42 Å². The van der Waals surface area contributed by atoms with Crippen LogP contribution in [-0.2, 0) is 6.42 Å². The van der Waals surface area contributed by atoms with E-state index in [1.165, 1.54) is 5.56 Å². The molecular formula is C14H18O. The van der Waals surface area contributed by atoms with E-state index in [4.69, 9.17) is 4.42 Å². The van der Waals surface area contributed by atoms with E-state index in [0.717, 1.165) is 17.7 Å². The fourth-order valence-electron chi connectivity index (χ4n) is 1.35. The first-order chi connectivity index (χ1) is 7.40. The maximum absolute atomic E-state index is 5.37. The van der Waals surface area contributed by atoms with Gasteiger partial charge >= 0.3 is 0 Å². The lowest BCUT2D eigenvalue weighted by Gasteiger charge is -1.92. The SMILES string of the molecule is CC.CCc1cc(-c2ccccc2)co1. The Morgan fingerprint density at radius 1 is 1.00 bits per heavy atom. The van der Waals surface area contributed by atoms with Crippen LogP contribution >= 0.6 is 0 Å². The molecule has 0 spiro atoms. The Morgan fingerprint density at radius 3 is 2.20 bits per heavy atom. The summed E-state index contributed by atoms with van der Waals surface area (Å²) < 4.78 is 5.37. The molecule has 0 saturated heterocycles. The van der Waals surface area contributed by atoms with Gasteiger partial charge in [-0.15, -0.1) is 0 Å². The van der Waals surface area contributed by atoms with Gasteiger partial charge in [0, 0.05) is 12.0 Å². The summed E-state index contributed by atoms with van der Waals surface area (Å²) in [6, 6.07) is 12.4. The molecule has 0 fully saturated rings. The Kier molecular flexibility index (Phi) is 4.69. The summed E-state index contributed by atoms with van der Waals surface area (Å²) in [5, 5.41) is 0. The van der Waals surface area contributed by atoms with E-state index in [-0.39, 0.29) is 0 Å². The Balaban J connectivity index is 0.000000531. The maximum Gasteiger partial charge on any atom is 0.104 e. The minimum atomic E-state index is 0.951. The largest absolute Gasteiger partial charge is 0.469 e. The molecule has 0 aliphatic rings. The number of furan rings is 1. The summed E-state index contributed by atoms with van der Waals surface area (Å²) in [5.74, 6) is 1.04. The normalized spacial score (nSPS) is 9.27. The van der Waals surface area contributed by atoms with Crippen LogP contribution < -0.4 is 0 Å². The van der Waals surface area contributed by atoms with Gasteiger partial charge in [-0.2, -0.15) is 0 Å². The van der Waals surface area contributed by atoms with Crippen LogP contribution in [0.2, 0.25) is 0 Å². The quantitative estimate of drug-likeness (QED) is 0.697. The molecule has 1 aromatic carbocycles. The van der Waals surface area contributed by atoms with Crippen molar-refractivity contribution in [2.45, 2.75) is 27.2 Å². The third-order valence-corrected chi connectivity index (χ3v) is 2.11. The van der Waals surface area contributed by atoms with E-state index in [1.54, 1.807) is 0 Å². The van der Waals surface area contributed by atoms with Gasteiger partial charge in [0.15, 0.2) is 0 Å². The third kappa shape index (κ3) is 2.98. The minimum Gasteiger partial charge on any atom is -0.469 e. The van der Waals surface area contributed by atoms with E-state index in [9.17, 15) is 0 Å². The van der Waals surface area contributed by atoms with Gasteiger partial charge in [0.2, 0.25) is 0 Å². The molecule has 2 rings (SSSR count). The Bertz CT molecular complexity index is 373. The van der Waals surface area contributed by atoms with Crippen LogP contribution in [0, 0.1) is 0 Å².